The third-order valence-electron chi connectivity index (χ3n) is 16.4. The molecule has 16 rings (SSSR count). The monoisotopic (exact) mass is 894 g/mol. The smallest absolute Gasteiger partial charge is 0.0619 e. The Bertz CT molecular complexity index is 4520. The Labute approximate surface area is 411 Å². The Hall–Kier alpha value is -9.10. The minimum atomic E-state index is -0.476. The van der Waals surface area contributed by atoms with Gasteiger partial charge in [0, 0.05) is 0 Å². The Morgan fingerprint density at radius 3 is 1.27 bits per heavy atom. The van der Waals surface area contributed by atoms with E-state index in [0.29, 0.717) is 0 Å². The first kappa shape index (κ1) is 38.8. The van der Waals surface area contributed by atoms with Crippen LogP contribution in [-0.2, 0) is 5.41 Å². The van der Waals surface area contributed by atoms with E-state index in [1.54, 1.807) is 0 Å². The van der Waals surface area contributed by atoms with Gasteiger partial charge in [0.05, 0.1) is 5.41 Å². The molecule has 0 aliphatic heterocycles. The third kappa shape index (κ3) is 5.18. The van der Waals surface area contributed by atoms with Crippen molar-refractivity contribution in [2.24, 2.45) is 0 Å². The van der Waals surface area contributed by atoms with Crippen LogP contribution in [0.15, 0.2) is 255 Å². The summed E-state index contributed by atoms with van der Waals surface area (Å²) in [7, 11) is 0. The van der Waals surface area contributed by atoms with E-state index in [-0.39, 0.29) is 0 Å². The number of hydrogen-bond donors (Lipinski definition) is 0. The van der Waals surface area contributed by atoms with Crippen molar-refractivity contribution in [2.45, 2.75) is 5.41 Å². The number of fused-ring (bicyclic) bond motifs is 21. The summed E-state index contributed by atoms with van der Waals surface area (Å²) in [5.41, 5.74) is 17.8. The van der Waals surface area contributed by atoms with E-state index in [4.69, 9.17) is 0 Å². The lowest BCUT2D eigenvalue weighted by Gasteiger charge is -2.32. The van der Waals surface area contributed by atoms with Crippen molar-refractivity contribution in [3.05, 3.63) is 277 Å². The Morgan fingerprint density at radius 1 is 0.197 bits per heavy atom. The van der Waals surface area contributed by atoms with Gasteiger partial charge in [-0.25, -0.2) is 0 Å². The zero-order valence-corrected chi connectivity index (χ0v) is 38.7. The van der Waals surface area contributed by atoms with Crippen LogP contribution >= 0.6 is 0 Å². The lowest BCUT2D eigenvalue weighted by Crippen LogP contribution is -2.26. The maximum Gasteiger partial charge on any atom is 0.0731 e. The van der Waals surface area contributed by atoms with E-state index in [2.05, 4.69) is 255 Å². The second-order valence-corrected chi connectivity index (χ2v) is 19.8. The second kappa shape index (κ2) is 14.5. The SMILES string of the molecule is c1ccc2c(c1)-c1ccccc1C21c2cc3ccccc3cc2-c2c1c1ccc(-c3ccc(-c4c5ccccc5c(-c5cc6ccccc6c6ccccc56)c5ccccc45)cc3)cc1c1ccccc21. The fourth-order valence-electron chi connectivity index (χ4n) is 13.5. The largest absolute Gasteiger partial charge is 0.0731 e. The third-order valence-corrected chi connectivity index (χ3v) is 16.4. The summed E-state index contributed by atoms with van der Waals surface area (Å²) >= 11 is 0. The minimum absolute atomic E-state index is 0.476. The van der Waals surface area contributed by atoms with Crippen LogP contribution in [0.3, 0.4) is 0 Å². The molecule has 14 aromatic carbocycles. The number of hydrogen-bond acceptors (Lipinski definition) is 0. The van der Waals surface area contributed by atoms with Crippen LogP contribution in [0, 0.1) is 0 Å². The highest BCUT2D eigenvalue weighted by Crippen LogP contribution is 2.66. The van der Waals surface area contributed by atoms with Gasteiger partial charge in [0.25, 0.3) is 0 Å². The number of benzene rings is 14. The topological polar surface area (TPSA) is 0 Å². The molecule has 0 bridgehead atoms. The zero-order valence-electron chi connectivity index (χ0n) is 38.7. The van der Waals surface area contributed by atoms with Gasteiger partial charge in [-0.3, -0.25) is 0 Å². The molecule has 0 N–H and O–H groups in total. The Kier molecular flexibility index (Phi) is 7.91. The summed E-state index contributed by atoms with van der Waals surface area (Å²) in [6, 6.07) is 96.2. The van der Waals surface area contributed by atoms with Gasteiger partial charge in [-0.1, -0.05) is 231 Å². The van der Waals surface area contributed by atoms with Gasteiger partial charge >= 0.3 is 0 Å². The molecule has 0 unspecified atom stereocenters. The second-order valence-electron chi connectivity index (χ2n) is 19.8. The van der Waals surface area contributed by atoms with Crippen molar-refractivity contribution in [1.82, 2.24) is 0 Å². The van der Waals surface area contributed by atoms with Crippen LogP contribution in [0.1, 0.15) is 22.3 Å². The fourth-order valence-corrected chi connectivity index (χ4v) is 13.5. The van der Waals surface area contributed by atoms with E-state index in [0.717, 1.165) is 0 Å². The predicted octanol–water partition coefficient (Wildman–Crippen LogP) is 19.1. The summed E-state index contributed by atoms with van der Waals surface area (Å²) in [5, 5.41) is 17.9. The van der Waals surface area contributed by atoms with Crippen LogP contribution < -0.4 is 0 Å². The van der Waals surface area contributed by atoms with Gasteiger partial charge in [-0.15, -0.1) is 0 Å². The lowest BCUT2D eigenvalue weighted by molar-refractivity contribution is 0.803. The van der Waals surface area contributed by atoms with Crippen molar-refractivity contribution in [2.75, 3.05) is 0 Å². The Morgan fingerprint density at radius 2 is 0.634 bits per heavy atom. The molecule has 0 nitrogen and oxygen atoms in total. The minimum Gasteiger partial charge on any atom is -0.0619 e. The van der Waals surface area contributed by atoms with Crippen molar-refractivity contribution >= 4 is 75.4 Å². The van der Waals surface area contributed by atoms with Crippen LogP contribution in [0.5, 0.6) is 0 Å². The van der Waals surface area contributed by atoms with Crippen molar-refractivity contribution in [3.63, 3.8) is 0 Å². The van der Waals surface area contributed by atoms with E-state index in [1.807, 2.05) is 0 Å². The molecule has 2 aliphatic carbocycles. The van der Waals surface area contributed by atoms with Crippen LogP contribution in [-0.4, -0.2) is 0 Å². The van der Waals surface area contributed by atoms with Crippen LogP contribution in [0.2, 0.25) is 0 Å². The van der Waals surface area contributed by atoms with E-state index in [9.17, 15) is 0 Å². The summed E-state index contributed by atoms with van der Waals surface area (Å²) < 4.78 is 0. The van der Waals surface area contributed by atoms with Gasteiger partial charge in [0.15, 0.2) is 0 Å². The first-order chi connectivity index (χ1) is 35.2. The van der Waals surface area contributed by atoms with E-state index in [1.165, 1.54) is 153 Å². The summed E-state index contributed by atoms with van der Waals surface area (Å²) in [6.07, 6.45) is 0. The average molecular weight is 895 g/mol. The molecule has 0 saturated heterocycles. The van der Waals surface area contributed by atoms with Crippen LogP contribution in [0.25, 0.3) is 131 Å². The molecule has 71 heavy (non-hydrogen) atoms. The number of rotatable bonds is 3. The summed E-state index contributed by atoms with van der Waals surface area (Å²) in [4.78, 5) is 0. The molecule has 0 heterocycles. The molecule has 14 aromatic rings. The van der Waals surface area contributed by atoms with Gasteiger partial charge < -0.3 is 0 Å². The molecule has 0 saturated carbocycles. The normalized spacial score (nSPS) is 13.2. The fraction of sp³-hybridized carbons (Fsp3) is 0.0141. The highest BCUT2D eigenvalue weighted by atomic mass is 14.5. The van der Waals surface area contributed by atoms with E-state index < -0.39 is 5.41 Å². The molecule has 0 radical (unpaired) electrons. The van der Waals surface area contributed by atoms with Gasteiger partial charge in [0.1, 0.15) is 0 Å². The maximum atomic E-state index is 2.51. The highest BCUT2D eigenvalue weighted by Gasteiger charge is 2.53. The zero-order chi connectivity index (χ0) is 46.4. The first-order valence-electron chi connectivity index (χ1n) is 24.9. The standard InChI is InChI=1S/C71H42/c1-2-18-46-42-66-63(40-45(46)17-1)69-55-26-8-7-23-52(55)61-39-47(37-38-60(61)70(69)71(66)64-31-15-13-24-53(64)54-25-14-16-32-65(54)71)43-33-35-44(36-34-43)67-56-27-9-11-29-58(56)68(59-30-12-10-28-57(59)67)62-41-48-19-3-4-20-49(48)50-21-5-6-22-51(50)62/h1-42H. The predicted molar refractivity (Wildman–Crippen MR) is 302 cm³/mol. The first-order valence-corrected chi connectivity index (χ1v) is 24.9. The molecular formula is C71H42. The van der Waals surface area contributed by atoms with E-state index >= 15 is 0 Å². The molecule has 2 aliphatic rings. The van der Waals surface area contributed by atoms with Gasteiger partial charge in [-0.2, -0.15) is 0 Å². The molecule has 1 spiro atoms. The molecule has 0 atom stereocenters. The summed E-state index contributed by atoms with van der Waals surface area (Å²) in [6.45, 7) is 0. The Balaban J connectivity index is 0.903. The van der Waals surface area contributed by atoms with Gasteiger partial charge in [0.2, 0.25) is 0 Å². The van der Waals surface area contributed by atoms with Crippen molar-refractivity contribution < 1.29 is 0 Å². The molecule has 0 heteroatoms. The molecule has 0 amide bonds. The molecule has 0 fully saturated rings. The maximum absolute atomic E-state index is 2.51. The highest BCUT2D eigenvalue weighted by molar-refractivity contribution is 6.26. The van der Waals surface area contributed by atoms with Crippen molar-refractivity contribution in [1.29, 1.82) is 0 Å². The average Bonchev–Trinajstić information content (AvgIpc) is 3.91. The van der Waals surface area contributed by atoms with Gasteiger partial charge in [-0.05, 0) is 178 Å². The summed E-state index contributed by atoms with van der Waals surface area (Å²) in [5.74, 6) is 0. The van der Waals surface area contributed by atoms with Crippen molar-refractivity contribution in [3.8, 4) is 55.6 Å². The molecular weight excluding hydrogens is 853 g/mol. The van der Waals surface area contributed by atoms with Crippen LogP contribution in [0.4, 0.5) is 0 Å². The molecule has 326 valence electrons. The molecule has 0 aromatic heterocycles. The lowest BCUT2D eigenvalue weighted by atomic mass is 9.69. The quantitative estimate of drug-likeness (QED) is 0.122.